The van der Waals surface area contributed by atoms with Gasteiger partial charge in [0, 0.05) is 24.0 Å². The van der Waals surface area contributed by atoms with E-state index < -0.39 is 0 Å². The second-order valence-electron chi connectivity index (χ2n) is 5.45. The fourth-order valence-electron chi connectivity index (χ4n) is 2.74. The average molecular weight is 316 g/mol. The van der Waals surface area contributed by atoms with Gasteiger partial charge in [-0.05, 0) is 38.9 Å². The summed E-state index contributed by atoms with van der Waals surface area (Å²) < 4.78 is 0.755. The van der Waals surface area contributed by atoms with Gasteiger partial charge in [0.2, 0.25) is 5.91 Å². The SMILES string of the molecule is CC(N)C(c1ccc(Cl)s1)N(C)CC(=O)N1CCCC1. The summed E-state index contributed by atoms with van der Waals surface area (Å²) in [7, 11) is 1.95. The number of amides is 1. The van der Waals surface area contributed by atoms with E-state index in [-0.39, 0.29) is 18.0 Å². The highest BCUT2D eigenvalue weighted by Gasteiger charge is 2.26. The highest BCUT2D eigenvalue weighted by molar-refractivity contribution is 7.16. The molecule has 2 atom stereocenters. The maximum Gasteiger partial charge on any atom is 0.236 e. The minimum Gasteiger partial charge on any atom is -0.342 e. The smallest absolute Gasteiger partial charge is 0.236 e. The molecule has 2 N–H and O–H groups in total. The molecule has 1 saturated heterocycles. The van der Waals surface area contributed by atoms with Crippen LogP contribution in [0.1, 0.15) is 30.7 Å². The van der Waals surface area contributed by atoms with Crippen molar-refractivity contribution in [1.29, 1.82) is 0 Å². The van der Waals surface area contributed by atoms with Crippen LogP contribution in [-0.2, 0) is 4.79 Å². The molecule has 2 rings (SSSR count). The van der Waals surface area contributed by atoms with E-state index in [4.69, 9.17) is 17.3 Å². The largest absolute Gasteiger partial charge is 0.342 e. The van der Waals surface area contributed by atoms with E-state index in [1.807, 2.05) is 35.9 Å². The topological polar surface area (TPSA) is 49.6 Å². The van der Waals surface area contributed by atoms with Gasteiger partial charge in [0.25, 0.3) is 0 Å². The quantitative estimate of drug-likeness (QED) is 0.907. The summed E-state index contributed by atoms with van der Waals surface area (Å²) in [6.45, 7) is 4.15. The van der Waals surface area contributed by atoms with E-state index in [9.17, 15) is 4.79 Å². The summed E-state index contributed by atoms with van der Waals surface area (Å²) in [5.74, 6) is 0.193. The zero-order valence-electron chi connectivity index (χ0n) is 12.0. The van der Waals surface area contributed by atoms with E-state index in [0.29, 0.717) is 6.54 Å². The van der Waals surface area contributed by atoms with E-state index in [1.165, 1.54) is 11.3 Å². The minimum absolute atomic E-state index is 0.0269. The first-order valence-corrected chi connectivity index (χ1v) is 8.17. The second kappa shape index (κ2) is 6.89. The third kappa shape index (κ3) is 3.73. The number of nitrogens with two attached hydrogens (primary N) is 1. The number of carbonyl (C=O) groups excluding carboxylic acids is 1. The Balaban J connectivity index is 2.03. The zero-order valence-corrected chi connectivity index (χ0v) is 13.6. The third-order valence-electron chi connectivity index (χ3n) is 3.70. The molecule has 0 spiro atoms. The Morgan fingerprint density at radius 1 is 1.50 bits per heavy atom. The van der Waals surface area contributed by atoms with Crippen molar-refractivity contribution >= 4 is 28.8 Å². The van der Waals surface area contributed by atoms with E-state index >= 15 is 0 Å². The van der Waals surface area contributed by atoms with Crippen molar-refractivity contribution in [3.8, 4) is 0 Å². The Bertz CT molecular complexity index is 457. The van der Waals surface area contributed by atoms with Crippen molar-refractivity contribution in [2.24, 2.45) is 5.73 Å². The first-order valence-electron chi connectivity index (χ1n) is 6.98. The van der Waals surface area contributed by atoms with Crippen LogP contribution in [0.3, 0.4) is 0 Å². The van der Waals surface area contributed by atoms with Crippen LogP contribution in [-0.4, -0.2) is 48.4 Å². The van der Waals surface area contributed by atoms with E-state index in [2.05, 4.69) is 0 Å². The highest BCUT2D eigenvalue weighted by Crippen LogP contribution is 2.31. The fraction of sp³-hybridized carbons (Fsp3) is 0.643. The number of hydrogen-bond acceptors (Lipinski definition) is 4. The van der Waals surface area contributed by atoms with Crippen LogP contribution >= 0.6 is 22.9 Å². The summed E-state index contributed by atoms with van der Waals surface area (Å²) >= 11 is 7.54. The fourth-order valence-corrected chi connectivity index (χ4v) is 4.09. The summed E-state index contributed by atoms with van der Waals surface area (Å²) in [4.78, 5) is 17.3. The molecule has 1 fully saturated rings. The Morgan fingerprint density at radius 3 is 2.65 bits per heavy atom. The number of halogens is 1. The Labute approximate surface area is 129 Å². The molecule has 6 heteroatoms. The van der Waals surface area contributed by atoms with Crippen LogP contribution in [0, 0.1) is 0 Å². The lowest BCUT2D eigenvalue weighted by atomic mass is 10.1. The van der Waals surface area contributed by atoms with Gasteiger partial charge in [-0.25, -0.2) is 0 Å². The summed E-state index contributed by atoms with van der Waals surface area (Å²) in [5.41, 5.74) is 6.11. The summed E-state index contributed by atoms with van der Waals surface area (Å²) in [5, 5.41) is 0. The lowest BCUT2D eigenvalue weighted by Crippen LogP contribution is -2.43. The number of carbonyl (C=O) groups is 1. The van der Waals surface area contributed by atoms with Crippen LogP contribution in [0.25, 0.3) is 0 Å². The van der Waals surface area contributed by atoms with Gasteiger partial charge in [-0.15, -0.1) is 11.3 Å². The van der Waals surface area contributed by atoms with Crippen molar-refractivity contribution in [1.82, 2.24) is 9.80 Å². The molecular formula is C14H22ClN3OS. The van der Waals surface area contributed by atoms with Gasteiger partial charge in [-0.3, -0.25) is 9.69 Å². The number of thiophene rings is 1. The first kappa shape index (κ1) is 15.8. The van der Waals surface area contributed by atoms with Crippen molar-refractivity contribution in [3.05, 3.63) is 21.3 Å². The van der Waals surface area contributed by atoms with Gasteiger partial charge in [0.05, 0.1) is 16.9 Å². The lowest BCUT2D eigenvalue weighted by molar-refractivity contribution is -0.131. The number of likely N-dealkylation sites (tertiary alicyclic amines) is 1. The standard InChI is InChI=1S/C14H22ClN3OS/c1-10(16)14(11-5-6-12(15)20-11)17(2)9-13(19)18-7-3-4-8-18/h5-6,10,14H,3-4,7-9,16H2,1-2H3. The Kier molecular flexibility index (Phi) is 5.43. The van der Waals surface area contributed by atoms with Crippen LogP contribution in [0.15, 0.2) is 12.1 Å². The van der Waals surface area contributed by atoms with Gasteiger partial charge >= 0.3 is 0 Å². The highest BCUT2D eigenvalue weighted by atomic mass is 35.5. The molecule has 1 aromatic rings. The maximum atomic E-state index is 12.2. The Morgan fingerprint density at radius 2 is 2.15 bits per heavy atom. The van der Waals surface area contributed by atoms with Crippen LogP contribution in [0.4, 0.5) is 0 Å². The van der Waals surface area contributed by atoms with Gasteiger partial charge in [-0.1, -0.05) is 11.6 Å². The van der Waals surface area contributed by atoms with Crippen LogP contribution < -0.4 is 5.73 Å². The molecule has 2 unspecified atom stereocenters. The monoisotopic (exact) mass is 315 g/mol. The predicted molar refractivity (Wildman–Crippen MR) is 84.2 cm³/mol. The molecule has 1 amide bonds. The summed E-state index contributed by atoms with van der Waals surface area (Å²) in [6, 6.07) is 3.85. The predicted octanol–water partition coefficient (Wildman–Crippen LogP) is 2.34. The molecule has 1 aliphatic rings. The molecular weight excluding hydrogens is 294 g/mol. The molecule has 0 aliphatic carbocycles. The number of likely N-dealkylation sites (N-methyl/N-ethyl adjacent to an activating group) is 1. The molecule has 0 saturated carbocycles. The molecule has 0 aromatic carbocycles. The molecule has 112 valence electrons. The molecule has 4 nitrogen and oxygen atoms in total. The van der Waals surface area contributed by atoms with Gasteiger partial charge in [0.1, 0.15) is 0 Å². The van der Waals surface area contributed by atoms with Gasteiger partial charge in [0.15, 0.2) is 0 Å². The molecule has 0 radical (unpaired) electrons. The molecule has 0 bridgehead atoms. The van der Waals surface area contributed by atoms with Gasteiger partial charge < -0.3 is 10.6 Å². The molecule has 1 aliphatic heterocycles. The molecule has 20 heavy (non-hydrogen) atoms. The van der Waals surface area contributed by atoms with E-state index in [1.54, 1.807) is 0 Å². The normalized spacial score (nSPS) is 18.6. The first-order chi connectivity index (χ1) is 9.49. The van der Waals surface area contributed by atoms with Crippen molar-refractivity contribution in [2.45, 2.75) is 31.8 Å². The van der Waals surface area contributed by atoms with Crippen molar-refractivity contribution in [3.63, 3.8) is 0 Å². The van der Waals surface area contributed by atoms with Crippen LogP contribution in [0.5, 0.6) is 0 Å². The third-order valence-corrected chi connectivity index (χ3v) is 5.00. The minimum atomic E-state index is -0.0545. The van der Waals surface area contributed by atoms with Gasteiger partial charge in [-0.2, -0.15) is 0 Å². The van der Waals surface area contributed by atoms with Crippen molar-refractivity contribution < 1.29 is 4.79 Å². The van der Waals surface area contributed by atoms with Crippen molar-refractivity contribution in [2.75, 3.05) is 26.7 Å². The lowest BCUT2D eigenvalue weighted by Gasteiger charge is -2.31. The number of nitrogens with zero attached hydrogens (tertiary/aromatic N) is 2. The number of rotatable bonds is 5. The number of hydrogen-bond donors (Lipinski definition) is 1. The molecule has 2 heterocycles. The van der Waals surface area contributed by atoms with E-state index in [0.717, 1.165) is 35.1 Å². The zero-order chi connectivity index (χ0) is 14.7. The Hall–Kier alpha value is -0.620. The second-order valence-corrected chi connectivity index (χ2v) is 7.20. The van der Waals surface area contributed by atoms with Crippen LogP contribution in [0.2, 0.25) is 4.34 Å². The summed E-state index contributed by atoms with van der Waals surface area (Å²) in [6.07, 6.45) is 2.24. The molecule has 1 aromatic heterocycles. The maximum absolute atomic E-state index is 12.2. The average Bonchev–Trinajstić information content (AvgIpc) is 3.00.